The Morgan fingerprint density at radius 2 is 2.00 bits per heavy atom. The molecule has 3 unspecified atom stereocenters. The van der Waals surface area contributed by atoms with Gasteiger partial charge in [-0.15, -0.1) is 11.8 Å². The van der Waals surface area contributed by atoms with Gasteiger partial charge in [-0.05, 0) is 58.3 Å². The third-order valence-electron chi connectivity index (χ3n) is 8.87. The topological polar surface area (TPSA) is 171 Å². The lowest BCUT2D eigenvalue weighted by atomic mass is 10.1. The number of amides is 2. The van der Waals surface area contributed by atoms with Gasteiger partial charge >= 0.3 is 11.7 Å². The molecule has 13 nitrogen and oxygen atoms in total. The number of H-pyrrole nitrogens is 1. The fourth-order valence-corrected chi connectivity index (χ4v) is 6.58. The normalized spacial score (nSPS) is 26.1. The molecule has 3 aliphatic rings. The lowest BCUT2D eigenvalue weighted by Crippen LogP contribution is -2.50. The van der Waals surface area contributed by atoms with Gasteiger partial charge < -0.3 is 30.0 Å². The van der Waals surface area contributed by atoms with Crippen LogP contribution >= 0.6 is 0 Å². The summed E-state index contributed by atoms with van der Waals surface area (Å²) >= 11 is 0. The third kappa shape index (κ3) is 10.3. The van der Waals surface area contributed by atoms with E-state index in [-0.39, 0.29) is 56.3 Å². The van der Waals surface area contributed by atoms with Crippen LogP contribution in [0.15, 0.2) is 21.9 Å². The zero-order chi connectivity index (χ0) is 35.9. The third-order valence-corrected chi connectivity index (χ3v) is 8.87. The molecule has 0 bridgehead atoms. The number of urea groups is 1. The predicted octanol–water partition coefficient (Wildman–Crippen LogP) is 2.92. The summed E-state index contributed by atoms with van der Waals surface area (Å²) < 4.78 is 32.8. The quantitative estimate of drug-likeness (QED) is 0.118. The van der Waals surface area contributed by atoms with Gasteiger partial charge in [0.2, 0.25) is 7.85 Å². The van der Waals surface area contributed by atoms with Crippen molar-refractivity contribution < 1.29 is 25.5 Å². The maximum absolute atomic E-state index is 12.9. The molecule has 1 saturated carbocycles. The number of nitriles is 1. The standard InChI is InChI=1S/C33H48N6O7.CH4/c1-21(2)39(22(3)4)33(44-16-10-14-34)46-27-17-29(45-28(27)20-40)38-19-23(30(41)37-32(38)43)11-9-15-35-31(42)36-18-26-24-12-7-5-6-8-13-25(24)26;/h9,11,19,21-22,24-29,33,40H,7-8,10,12-13,15-18,20H2,1-4H3,(H2,35,36,42)(H,37,41,43);1H4/b11-9+;/t24-,25+,26?,27?,28-,29-,33?;/m1./s1/i40D;1T. The smallest absolute Gasteiger partial charge is 0.330 e. The van der Waals surface area contributed by atoms with E-state index >= 15 is 0 Å². The van der Waals surface area contributed by atoms with E-state index < -0.39 is 36.1 Å². The van der Waals surface area contributed by atoms with Crippen molar-refractivity contribution in [1.82, 2.24) is 25.1 Å². The fourth-order valence-electron chi connectivity index (χ4n) is 6.58. The van der Waals surface area contributed by atoms with E-state index in [9.17, 15) is 14.4 Å². The molecule has 260 valence electrons. The minimum Gasteiger partial charge on any atom is -0.394 e. The van der Waals surface area contributed by atoms with Crippen LogP contribution in [0.25, 0.3) is 6.08 Å². The molecule has 1 saturated heterocycles. The predicted molar refractivity (Wildman–Crippen MR) is 178 cm³/mol. The SMILES string of the molecule is [2H]OC[C@H]1O[C@@H](n2cc(/C=C/CNC(=O)NCC3[C@H]4CCC#CCC[C@@H]34)c(=O)[nH]c2=O)CC1OC(OCCC#N)N(C(C)C)C(C)C.[3H]C. The molecular formula is C34H52N6O7. The summed E-state index contributed by atoms with van der Waals surface area (Å²) in [4.78, 5) is 42.2. The molecule has 2 fully saturated rings. The van der Waals surface area contributed by atoms with Crippen LogP contribution in [0.1, 0.15) is 86.8 Å². The van der Waals surface area contributed by atoms with E-state index in [1.807, 2.05) is 32.6 Å². The largest absolute Gasteiger partial charge is 0.394 e. The Labute approximate surface area is 280 Å². The van der Waals surface area contributed by atoms with Crippen molar-refractivity contribution in [1.29, 1.82) is 6.69 Å². The second-order valence-corrected chi connectivity index (χ2v) is 12.6. The Morgan fingerprint density at radius 1 is 1.30 bits per heavy atom. The van der Waals surface area contributed by atoms with Gasteiger partial charge in [-0.3, -0.25) is 19.2 Å². The van der Waals surface area contributed by atoms with Gasteiger partial charge in [0.1, 0.15) is 12.3 Å². The molecular weight excluding hydrogens is 604 g/mol. The fraction of sp³-hybridized carbons (Fsp3) is 0.706. The van der Waals surface area contributed by atoms with Crippen molar-refractivity contribution in [3.05, 3.63) is 38.7 Å². The second-order valence-electron chi connectivity index (χ2n) is 12.6. The van der Waals surface area contributed by atoms with Gasteiger partial charge in [-0.25, -0.2) is 9.59 Å². The molecule has 1 aromatic heterocycles. The Morgan fingerprint density at radius 3 is 2.64 bits per heavy atom. The number of hydrogen-bond donors (Lipinski definition) is 4. The molecule has 7 atom stereocenters. The summed E-state index contributed by atoms with van der Waals surface area (Å²) in [6.45, 7) is 8.90. The summed E-state index contributed by atoms with van der Waals surface area (Å²) in [6.07, 6.45) is 6.06. The molecule has 2 amide bonds. The highest BCUT2D eigenvalue weighted by atomic mass is 16.7. The molecule has 47 heavy (non-hydrogen) atoms. The number of nitrogens with one attached hydrogen (secondary N) is 3. The highest BCUT2D eigenvalue weighted by Crippen LogP contribution is 2.51. The first-order valence-corrected chi connectivity index (χ1v) is 16.3. The number of carbonyl (C=O) groups excluding carboxylic acids is 1. The van der Waals surface area contributed by atoms with Crippen LogP contribution in [0, 0.1) is 40.9 Å². The molecule has 2 aliphatic carbocycles. The molecule has 1 aliphatic heterocycles. The van der Waals surface area contributed by atoms with Crippen molar-refractivity contribution in [2.24, 2.45) is 17.8 Å². The monoisotopic (exact) mass is 659 g/mol. The van der Waals surface area contributed by atoms with Gasteiger partial charge in [0.15, 0.2) is 0 Å². The average Bonchev–Trinajstić information content (AvgIpc) is 3.53. The van der Waals surface area contributed by atoms with Crippen LogP contribution in [0.3, 0.4) is 0 Å². The number of aliphatic hydroxyl groups is 1. The lowest BCUT2D eigenvalue weighted by Gasteiger charge is -2.38. The Balaban J connectivity index is 0.00000319. The molecule has 1 aromatic rings. The van der Waals surface area contributed by atoms with Crippen LogP contribution in [0.2, 0.25) is 0 Å². The summed E-state index contributed by atoms with van der Waals surface area (Å²) in [5.74, 6) is 8.18. The number of aromatic nitrogens is 2. The number of hydrogen-bond acceptors (Lipinski definition) is 9. The van der Waals surface area contributed by atoms with E-state index in [2.05, 4.69) is 38.6 Å². The second kappa shape index (κ2) is 18.2. The molecule has 13 heteroatoms. The number of aliphatic hydroxyl groups excluding tert-OH is 1. The zero-order valence-corrected chi connectivity index (χ0v) is 28.2. The zero-order valence-electron chi connectivity index (χ0n) is 30.2. The van der Waals surface area contributed by atoms with Crippen LogP contribution in [-0.4, -0.2) is 84.0 Å². The van der Waals surface area contributed by atoms with Gasteiger partial charge in [0.05, 0.1) is 37.4 Å². The van der Waals surface area contributed by atoms with Crippen LogP contribution in [-0.2, 0) is 14.2 Å². The highest BCUT2D eigenvalue weighted by molar-refractivity contribution is 5.74. The first kappa shape index (κ1) is 34.9. The number of nitrogens with zero attached hydrogens (tertiary/aromatic N) is 3. The maximum atomic E-state index is 12.9. The number of carbonyl (C=O) groups is 1. The van der Waals surface area contributed by atoms with Gasteiger partial charge in [-0.2, -0.15) is 5.26 Å². The Kier molecular flexibility index (Phi) is 13.5. The number of ether oxygens (including phenoxy) is 3. The van der Waals surface area contributed by atoms with E-state index in [0.717, 1.165) is 25.7 Å². The summed E-state index contributed by atoms with van der Waals surface area (Å²) in [5.41, 5.74) is -1.04. The first-order valence-electron chi connectivity index (χ1n) is 17.7. The molecule has 4 N–H and O–H groups in total. The number of aromatic amines is 1. The molecule has 0 radical (unpaired) electrons. The average molecular weight is 660 g/mol. The van der Waals surface area contributed by atoms with Crippen molar-refractivity contribution in [3.8, 4) is 17.9 Å². The van der Waals surface area contributed by atoms with E-state index in [1.54, 1.807) is 6.08 Å². The van der Waals surface area contributed by atoms with E-state index in [4.69, 9.17) is 22.3 Å². The summed E-state index contributed by atoms with van der Waals surface area (Å²) in [6, 6.07) is 1.89. The van der Waals surface area contributed by atoms with E-state index in [0.29, 0.717) is 24.3 Å². The molecule has 4 rings (SSSR count). The Hall–Kier alpha value is -3.46. The number of fused-ring (bicyclic) bond motifs is 1. The van der Waals surface area contributed by atoms with Gasteiger partial charge in [0, 0.05) is 52.0 Å². The van der Waals surface area contributed by atoms with Crippen molar-refractivity contribution in [2.45, 2.75) is 111 Å². The lowest BCUT2D eigenvalue weighted by molar-refractivity contribution is -0.265. The Bertz CT molecular complexity index is 1420. The molecule has 2 heterocycles. The summed E-state index contributed by atoms with van der Waals surface area (Å²) in [5, 5.41) is 19.4. The summed E-state index contributed by atoms with van der Waals surface area (Å²) in [7, 11) is 1.25. The first-order chi connectivity index (χ1) is 23.6. The van der Waals surface area contributed by atoms with E-state index in [1.165, 1.54) is 24.2 Å². The minimum atomic E-state index is -0.821. The number of rotatable bonds is 16. The van der Waals surface area contributed by atoms with Crippen molar-refractivity contribution in [3.63, 3.8) is 0 Å². The highest BCUT2D eigenvalue weighted by Gasteiger charge is 2.48. The molecule has 0 aromatic carbocycles. The van der Waals surface area contributed by atoms with Crippen molar-refractivity contribution >= 4 is 12.1 Å². The van der Waals surface area contributed by atoms with Gasteiger partial charge in [0.25, 0.3) is 5.56 Å². The van der Waals surface area contributed by atoms with Crippen LogP contribution < -0.4 is 21.9 Å². The van der Waals surface area contributed by atoms with Crippen LogP contribution in [0.5, 0.6) is 0 Å². The maximum Gasteiger partial charge on any atom is 0.330 e. The van der Waals surface area contributed by atoms with Crippen LogP contribution in [0.4, 0.5) is 4.79 Å². The van der Waals surface area contributed by atoms with Gasteiger partial charge in [-0.1, -0.05) is 19.6 Å². The minimum absolute atomic E-state index is 0.0510. The van der Waals surface area contributed by atoms with Crippen molar-refractivity contribution in [2.75, 3.05) is 26.3 Å². The molecule has 0 spiro atoms.